The first-order valence-electron chi connectivity index (χ1n) is 3.92. The average molecular weight is 254 g/mol. The van der Waals surface area contributed by atoms with Crippen LogP contribution in [0.2, 0.25) is 0 Å². The summed E-state index contributed by atoms with van der Waals surface area (Å²) in [6.07, 6.45) is 0.597. The second kappa shape index (κ2) is 3.46. The Balaban J connectivity index is 2.84. The fourth-order valence-corrected chi connectivity index (χ4v) is 1.53. The van der Waals surface area contributed by atoms with Crippen molar-refractivity contribution in [1.29, 1.82) is 0 Å². The fraction of sp³-hybridized carbons (Fsp3) is 0. The summed E-state index contributed by atoms with van der Waals surface area (Å²) in [5.74, 6) is -0.439. The second-order valence-corrected chi connectivity index (χ2v) is 3.64. The molecule has 0 N–H and O–H groups in total. The highest BCUT2D eigenvalue weighted by Gasteiger charge is 2.06. The number of rotatable bonds is 1. The van der Waals surface area contributed by atoms with E-state index in [0.717, 1.165) is 0 Å². The first-order valence-corrected chi connectivity index (χ1v) is 4.71. The van der Waals surface area contributed by atoms with Crippen molar-refractivity contribution in [3.63, 3.8) is 0 Å². The van der Waals surface area contributed by atoms with E-state index in [1.54, 1.807) is 24.3 Å². The van der Waals surface area contributed by atoms with Crippen molar-refractivity contribution in [2.75, 3.05) is 0 Å². The minimum Gasteiger partial charge on any atom is -0.296 e. The number of hydrogen-bond acceptors (Lipinski definition) is 2. The molecular weight excluding hydrogens is 249 g/mol. The monoisotopic (exact) mass is 253 g/mol. The third-order valence-corrected chi connectivity index (χ3v) is 2.51. The molecule has 2 aromatic rings. The fourth-order valence-electron chi connectivity index (χ4n) is 1.21. The van der Waals surface area contributed by atoms with Crippen LogP contribution in [0.25, 0.3) is 10.9 Å². The number of aromatic nitrogens is 1. The van der Waals surface area contributed by atoms with Gasteiger partial charge in [0.1, 0.15) is 11.2 Å². The zero-order valence-electron chi connectivity index (χ0n) is 7.00. The quantitative estimate of drug-likeness (QED) is 0.732. The summed E-state index contributed by atoms with van der Waals surface area (Å²) in [6, 6.07) is 6.58. The molecular formula is C10H5BrFNO. The minimum atomic E-state index is -0.439. The topological polar surface area (TPSA) is 30.0 Å². The molecule has 0 atom stereocenters. The molecule has 2 nitrogen and oxygen atoms in total. The standard InChI is InChI=1S/C10H5BrFNO/c11-8-4-2-6-1-3-7(5-14)13-10(6)9(8)12/h1-5H. The number of benzene rings is 1. The van der Waals surface area contributed by atoms with Crippen molar-refractivity contribution in [1.82, 2.24) is 4.98 Å². The van der Waals surface area contributed by atoms with Crippen LogP contribution < -0.4 is 0 Å². The summed E-state index contributed by atoms with van der Waals surface area (Å²) in [6.45, 7) is 0. The van der Waals surface area contributed by atoms with Gasteiger partial charge in [0, 0.05) is 5.39 Å². The average Bonchev–Trinajstić information content (AvgIpc) is 2.23. The molecule has 0 amide bonds. The molecule has 2 rings (SSSR count). The first-order chi connectivity index (χ1) is 6.72. The van der Waals surface area contributed by atoms with Crippen LogP contribution in [-0.4, -0.2) is 11.3 Å². The molecule has 0 fully saturated rings. The maximum Gasteiger partial charge on any atom is 0.168 e. The van der Waals surface area contributed by atoms with E-state index in [1.807, 2.05) is 0 Å². The molecule has 14 heavy (non-hydrogen) atoms. The number of carbonyl (C=O) groups is 1. The van der Waals surface area contributed by atoms with Crippen LogP contribution in [0.15, 0.2) is 28.7 Å². The molecule has 0 unspecified atom stereocenters. The van der Waals surface area contributed by atoms with Crippen molar-refractivity contribution in [2.24, 2.45) is 0 Å². The molecule has 1 aromatic carbocycles. The van der Waals surface area contributed by atoms with Gasteiger partial charge < -0.3 is 0 Å². The third-order valence-electron chi connectivity index (χ3n) is 1.90. The number of hydrogen-bond donors (Lipinski definition) is 0. The number of halogens is 2. The Morgan fingerprint density at radius 3 is 2.71 bits per heavy atom. The summed E-state index contributed by atoms with van der Waals surface area (Å²) in [7, 11) is 0. The highest BCUT2D eigenvalue weighted by Crippen LogP contribution is 2.23. The highest BCUT2D eigenvalue weighted by molar-refractivity contribution is 9.10. The lowest BCUT2D eigenvalue weighted by Gasteiger charge is -2.00. The van der Waals surface area contributed by atoms with Crippen LogP contribution in [0, 0.1) is 5.82 Å². The van der Waals surface area contributed by atoms with Gasteiger partial charge in [0.25, 0.3) is 0 Å². The van der Waals surface area contributed by atoms with Crippen LogP contribution in [0.1, 0.15) is 10.5 Å². The maximum absolute atomic E-state index is 13.5. The van der Waals surface area contributed by atoms with Crippen LogP contribution in [0.4, 0.5) is 4.39 Å². The van der Waals surface area contributed by atoms with E-state index in [-0.39, 0.29) is 11.2 Å². The summed E-state index contributed by atoms with van der Waals surface area (Å²) >= 11 is 3.06. The van der Waals surface area contributed by atoms with Crippen molar-refractivity contribution in [3.8, 4) is 0 Å². The van der Waals surface area contributed by atoms with Gasteiger partial charge in [-0.2, -0.15) is 0 Å². The Hall–Kier alpha value is -1.29. The Bertz CT molecular complexity index is 513. The summed E-state index contributed by atoms with van der Waals surface area (Å²) in [4.78, 5) is 14.3. The van der Waals surface area contributed by atoms with E-state index in [2.05, 4.69) is 20.9 Å². The zero-order valence-corrected chi connectivity index (χ0v) is 8.58. The van der Waals surface area contributed by atoms with Gasteiger partial charge in [0.05, 0.1) is 4.47 Å². The number of carbonyl (C=O) groups excluding carboxylic acids is 1. The molecule has 0 aliphatic heterocycles. The van der Waals surface area contributed by atoms with Gasteiger partial charge in [0.2, 0.25) is 0 Å². The number of nitrogens with zero attached hydrogens (tertiary/aromatic N) is 1. The molecule has 1 heterocycles. The van der Waals surface area contributed by atoms with E-state index < -0.39 is 5.82 Å². The van der Waals surface area contributed by atoms with E-state index in [4.69, 9.17) is 0 Å². The van der Waals surface area contributed by atoms with E-state index >= 15 is 0 Å². The van der Waals surface area contributed by atoms with E-state index in [0.29, 0.717) is 16.1 Å². The molecule has 4 heteroatoms. The summed E-state index contributed by atoms with van der Waals surface area (Å²) in [5, 5.41) is 0.677. The Morgan fingerprint density at radius 1 is 1.29 bits per heavy atom. The highest BCUT2D eigenvalue weighted by atomic mass is 79.9. The van der Waals surface area contributed by atoms with E-state index in [9.17, 15) is 9.18 Å². The third kappa shape index (κ3) is 1.42. The van der Waals surface area contributed by atoms with Crippen LogP contribution in [0.5, 0.6) is 0 Å². The number of pyridine rings is 1. The van der Waals surface area contributed by atoms with Gasteiger partial charge in [-0.05, 0) is 28.1 Å². The van der Waals surface area contributed by atoms with Gasteiger partial charge in [-0.1, -0.05) is 12.1 Å². The molecule has 0 aliphatic carbocycles. The Kier molecular flexibility index (Phi) is 2.29. The van der Waals surface area contributed by atoms with Crippen molar-refractivity contribution >= 4 is 33.1 Å². The second-order valence-electron chi connectivity index (χ2n) is 2.79. The number of fused-ring (bicyclic) bond motifs is 1. The lowest BCUT2D eigenvalue weighted by atomic mass is 10.2. The van der Waals surface area contributed by atoms with Crippen LogP contribution in [-0.2, 0) is 0 Å². The maximum atomic E-state index is 13.5. The SMILES string of the molecule is O=Cc1ccc2ccc(Br)c(F)c2n1. The van der Waals surface area contributed by atoms with Crippen molar-refractivity contribution < 1.29 is 9.18 Å². The molecule has 1 aromatic heterocycles. The normalized spacial score (nSPS) is 10.4. The Labute approximate surface area is 87.9 Å². The summed E-state index contributed by atoms with van der Waals surface area (Å²) < 4.78 is 13.8. The molecule has 0 spiro atoms. The smallest absolute Gasteiger partial charge is 0.168 e. The minimum absolute atomic E-state index is 0.212. The van der Waals surface area contributed by atoms with Gasteiger partial charge in [-0.25, -0.2) is 9.37 Å². The van der Waals surface area contributed by atoms with Crippen molar-refractivity contribution in [3.05, 3.63) is 40.2 Å². The molecule has 0 bridgehead atoms. The Morgan fingerprint density at radius 2 is 2.00 bits per heavy atom. The van der Waals surface area contributed by atoms with Gasteiger partial charge >= 0.3 is 0 Å². The number of aldehydes is 1. The summed E-state index contributed by atoms with van der Waals surface area (Å²) in [5.41, 5.74) is 0.443. The molecule has 0 radical (unpaired) electrons. The lowest BCUT2D eigenvalue weighted by molar-refractivity contribution is 0.111. The van der Waals surface area contributed by atoms with Gasteiger partial charge in [-0.15, -0.1) is 0 Å². The molecule has 0 aliphatic rings. The van der Waals surface area contributed by atoms with E-state index in [1.165, 1.54) is 0 Å². The zero-order chi connectivity index (χ0) is 10.1. The predicted molar refractivity (Wildman–Crippen MR) is 54.8 cm³/mol. The van der Waals surface area contributed by atoms with Gasteiger partial charge in [-0.3, -0.25) is 4.79 Å². The molecule has 0 saturated carbocycles. The van der Waals surface area contributed by atoms with Crippen molar-refractivity contribution in [2.45, 2.75) is 0 Å². The van der Waals surface area contributed by atoms with Crippen LogP contribution >= 0.6 is 15.9 Å². The molecule has 0 saturated heterocycles. The van der Waals surface area contributed by atoms with Crippen LogP contribution in [0.3, 0.4) is 0 Å². The van der Waals surface area contributed by atoms with Gasteiger partial charge in [0.15, 0.2) is 12.1 Å². The predicted octanol–water partition coefficient (Wildman–Crippen LogP) is 2.95. The molecule has 70 valence electrons. The largest absolute Gasteiger partial charge is 0.296 e. The lowest BCUT2D eigenvalue weighted by Crippen LogP contribution is -1.90. The first kappa shape index (κ1) is 9.27.